The van der Waals surface area contributed by atoms with Gasteiger partial charge in [0.05, 0.1) is 36.6 Å². The van der Waals surface area contributed by atoms with Gasteiger partial charge in [-0.2, -0.15) is 0 Å². The third-order valence-electron chi connectivity index (χ3n) is 7.31. The number of methoxy groups -OCH3 is 1. The molecule has 3 aromatic rings. The molecule has 10 heteroatoms. The van der Waals surface area contributed by atoms with Crippen molar-refractivity contribution in [2.75, 3.05) is 55.4 Å². The number of amides is 1. The molecule has 6 rings (SSSR count). The molecule has 0 radical (unpaired) electrons. The topological polar surface area (TPSA) is 105 Å². The van der Waals surface area contributed by atoms with Crippen molar-refractivity contribution < 1.29 is 14.3 Å². The maximum atomic E-state index is 12.4. The summed E-state index contributed by atoms with van der Waals surface area (Å²) in [5.41, 5.74) is 7.26. The minimum Gasteiger partial charge on any atom is -0.474 e. The maximum absolute atomic E-state index is 12.4. The van der Waals surface area contributed by atoms with Crippen molar-refractivity contribution >= 4 is 28.9 Å². The van der Waals surface area contributed by atoms with Crippen LogP contribution in [0.4, 0.5) is 23.0 Å². The summed E-state index contributed by atoms with van der Waals surface area (Å²) in [7, 11) is 1.68. The van der Waals surface area contributed by atoms with Crippen LogP contribution in [-0.4, -0.2) is 71.8 Å². The minimum absolute atomic E-state index is 0.129. The van der Waals surface area contributed by atoms with Gasteiger partial charge in [0.15, 0.2) is 0 Å². The van der Waals surface area contributed by atoms with Crippen LogP contribution in [0, 0.1) is 6.92 Å². The predicted octanol–water partition coefficient (Wildman–Crippen LogP) is 2.69. The molecule has 3 aliphatic heterocycles. The van der Waals surface area contributed by atoms with Crippen molar-refractivity contribution in [1.29, 1.82) is 0 Å². The van der Waals surface area contributed by atoms with Gasteiger partial charge >= 0.3 is 0 Å². The lowest BCUT2D eigenvalue weighted by molar-refractivity contribution is -0.142. The quantitative estimate of drug-likeness (QED) is 0.527. The van der Waals surface area contributed by atoms with Crippen LogP contribution in [0.1, 0.15) is 22.4 Å². The Labute approximate surface area is 216 Å². The zero-order valence-corrected chi connectivity index (χ0v) is 21.2. The second kappa shape index (κ2) is 9.85. The summed E-state index contributed by atoms with van der Waals surface area (Å²) in [6.07, 6.45) is 5.26. The van der Waals surface area contributed by atoms with E-state index in [2.05, 4.69) is 32.4 Å². The molecular formula is C27H31N7O3. The largest absolute Gasteiger partial charge is 0.474 e. The Kier molecular flexibility index (Phi) is 6.25. The summed E-state index contributed by atoms with van der Waals surface area (Å²) >= 11 is 0. The Balaban J connectivity index is 1.11. The number of nitrogens with zero attached hydrogens (tertiary/aromatic N) is 5. The molecule has 192 valence electrons. The van der Waals surface area contributed by atoms with E-state index in [0.717, 1.165) is 53.4 Å². The number of hydrogen-bond acceptors (Lipinski definition) is 9. The second-order valence-electron chi connectivity index (χ2n) is 9.72. The van der Waals surface area contributed by atoms with Crippen molar-refractivity contribution in [3.8, 4) is 5.88 Å². The van der Waals surface area contributed by atoms with Crippen LogP contribution in [0.25, 0.3) is 0 Å². The van der Waals surface area contributed by atoms with Crippen LogP contribution in [0.2, 0.25) is 0 Å². The second-order valence-corrected chi connectivity index (χ2v) is 9.72. The van der Waals surface area contributed by atoms with E-state index in [0.29, 0.717) is 44.5 Å². The van der Waals surface area contributed by atoms with Crippen molar-refractivity contribution in [1.82, 2.24) is 19.9 Å². The monoisotopic (exact) mass is 501 g/mol. The van der Waals surface area contributed by atoms with Gasteiger partial charge in [-0.05, 0) is 36.6 Å². The summed E-state index contributed by atoms with van der Waals surface area (Å²) in [5.74, 6) is 1.37. The van der Waals surface area contributed by atoms with Gasteiger partial charge in [0.2, 0.25) is 17.7 Å². The molecule has 2 N–H and O–H groups in total. The molecule has 10 nitrogen and oxygen atoms in total. The first-order chi connectivity index (χ1) is 18.1. The first-order valence-corrected chi connectivity index (χ1v) is 12.7. The zero-order valence-electron chi connectivity index (χ0n) is 21.2. The number of rotatable bonds is 6. The molecule has 1 fully saturated rings. The molecular weight excluding hydrogens is 470 g/mol. The first-order valence-electron chi connectivity index (χ1n) is 12.7. The smallest absolute Gasteiger partial charge is 0.237 e. The third kappa shape index (κ3) is 4.76. The summed E-state index contributed by atoms with van der Waals surface area (Å²) in [4.78, 5) is 30.5. The highest BCUT2D eigenvalue weighted by Crippen LogP contribution is 2.36. The molecule has 0 bridgehead atoms. The van der Waals surface area contributed by atoms with E-state index in [1.807, 2.05) is 41.6 Å². The van der Waals surface area contributed by atoms with Gasteiger partial charge in [0, 0.05) is 50.7 Å². The highest BCUT2D eigenvalue weighted by atomic mass is 16.5. The average molecular weight is 502 g/mol. The number of carbonyl (C=O) groups is 1. The van der Waals surface area contributed by atoms with E-state index >= 15 is 0 Å². The number of carbonyl (C=O) groups excluding carboxylic acids is 1. The van der Waals surface area contributed by atoms with Crippen LogP contribution in [0.3, 0.4) is 0 Å². The fourth-order valence-corrected chi connectivity index (χ4v) is 5.01. The lowest BCUT2D eigenvalue weighted by Gasteiger charge is -2.38. The van der Waals surface area contributed by atoms with E-state index in [9.17, 15) is 4.79 Å². The molecule has 0 aliphatic carbocycles. The fourth-order valence-electron chi connectivity index (χ4n) is 5.01. The molecule has 37 heavy (non-hydrogen) atoms. The SMILES string of the molecule is COC1CN(C(=O)Cc2ccc(Nc3ncc4c(n3)CN(c3cnc5c(c3C)NCCO5)CC4)cc2)C1. The van der Waals surface area contributed by atoms with Gasteiger partial charge in [-0.1, -0.05) is 12.1 Å². The molecule has 5 heterocycles. The van der Waals surface area contributed by atoms with Gasteiger partial charge in [-0.3, -0.25) is 4.79 Å². The number of fused-ring (bicyclic) bond motifs is 2. The number of likely N-dealkylation sites (tertiary alicyclic amines) is 1. The van der Waals surface area contributed by atoms with Gasteiger partial charge in [0.25, 0.3) is 0 Å². The highest BCUT2D eigenvalue weighted by molar-refractivity contribution is 5.80. The third-order valence-corrected chi connectivity index (χ3v) is 7.31. The molecule has 1 amide bonds. The standard InChI is InChI=1S/C27H31N7O3/c1-17-23(13-29-26-25(17)28-8-10-37-26)33-9-7-19-12-30-27(32-22(19)16-33)31-20-5-3-18(4-6-20)11-24(35)34-14-21(15-34)36-2/h3-6,12-13,21,28H,7-11,14-16H2,1-2H3,(H,30,31,32). The molecule has 0 atom stereocenters. The van der Waals surface area contributed by atoms with Crippen molar-refractivity contribution in [3.05, 3.63) is 59.0 Å². The lowest BCUT2D eigenvalue weighted by atomic mass is 10.0. The summed E-state index contributed by atoms with van der Waals surface area (Å²) in [6, 6.07) is 7.86. The lowest BCUT2D eigenvalue weighted by Crippen LogP contribution is -2.54. The number of nitrogens with one attached hydrogen (secondary N) is 2. The Morgan fingerprint density at radius 3 is 2.86 bits per heavy atom. The van der Waals surface area contributed by atoms with Gasteiger partial charge in [0.1, 0.15) is 12.3 Å². The number of ether oxygens (including phenoxy) is 2. The van der Waals surface area contributed by atoms with Crippen molar-refractivity contribution in [3.63, 3.8) is 0 Å². The van der Waals surface area contributed by atoms with Crippen LogP contribution in [0.15, 0.2) is 36.7 Å². The van der Waals surface area contributed by atoms with E-state index in [1.165, 1.54) is 5.56 Å². The number of anilines is 4. The summed E-state index contributed by atoms with van der Waals surface area (Å²) in [6.45, 7) is 6.46. The molecule has 0 spiro atoms. The number of aromatic nitrogens is 3. The van der Waals surface area contributed by atoms with Crippen LogP contribution in [0.5, 0.6) is 5.88 Å². The normalized spacial score (nSPS) is 16.7. The molecule has 0 unspecified atom stereocenters. The van der Waals surface area contributed by atoms with Crippen LogP contribution < -0.4 is 20.3 Å². The van der Waals surface area contributed by atoms with Crippen molar-refractivity contribution in [2.24, 2.45) is 0 Å². The highest BCUT2D eigenvalue weighted by Gasteiger charge is 2.30. The Bertz CT molecular complexity index is 1310. The molecule has 2 aromatic heterocycles. The Hall–Kier alpha value is -3.92. The van der Waals surface area contributed by atoms with Crippen molar-refractivity contribution in [2.45, 2.75) is 32.4 Å². The fraction of sp³-hybridized carbons (Fsp3) is 0.407. The van der Waals surface area contributed by atoms with Gasteiger partial charge < -0.3 is 29.9 Å². The number of hydrogen-bond donors (Lipinski definition) is 2. The van der Waals surface area contributed by atoms with Gasteiger partial charge in [-0.25, -0.2) is 15.0 Å². The minimum atomic E-state index is 0.129. The summed E-state index contributed by atoms with van der Waals surface area (Å²) in [5, 5.41) is 6.73. The Morgan fingerprint density at radius 1 is 1.22 bits per heavy atom. The maximum Gasteiger partial charge on any atom is 0.237 e. The number of pyridine rings is 1. The first kappa shape index (κ1) is 23.5. The average Bonchev–Trinajstić information content (AvgIpc) is 2.89. The predicted molar refractivity (Wildman–Crippen MR) is 141 cm³/mol. The Morgan fingerprint density at radius 2 is 2.05 bits per heavy atom. The molecule has 0 saturated carbocycles. The zero-order chi connectivity index (χ0) is 25.4. The molecule has 1 saturated heterocycles. The van der Waals surface area contributed by atoms with Crippen LogP contribution in [-0.2, 0) is 28.9 Å². The molecule has 1 aromatic carbocycles. The van der Waals surface area contributed by atoms with E-state index in [-0.39, 0.29) is 12.0 Å². The van der Waals surface area contributed by atoms with E-state index < -0.39 is 0 Å². The summed E-state index contributed by atoms with van der Waals surface area (Å²) < 4.78 is 10.9. The van der Waals surface area contributed by atoms with Crippen LogP contribution >= 0.6 is 0 Å². The van der Waals surface area contributed by atoms with E-state index in [1.54, 1.807) is 7.11 Å². The van der Waals surface area contributed by atoms with Gasteiger partial charge in [-0.15, -0.1) is 0 Å². The van der Waals surface area contributed by atoms with E-state index in [4.69, 9.17) is 14.5 Å². The number of benzene rings is 1. The molecule has 3 aliphatic rings.